The van der Waals surface area contributed by atoms with E-state index >= 15 is 0 Å². The standard InChI is InChI=1S/C22H26N4O3S2/c1-4-16-7-9-17(10-8-16)24-31(28,29)18-13-19(25(3)14-18)21-23-15(2)20(30-21)22(27)26-11-5-6-12-26/h7-10,13-14,24H,4-6,11-12H2,1-3H3. The van der Waals surface area contributed by atoms with Crippen molar-refractivity contribution in [2.45, 2.75) is 38.0 Å². The molecule has 1 N–H and O–H groups in total. The zero-order valence-corrected chi connectivity index (χ0v) is 19.5. The summed E-state index contributed by atoms with van der Waals surface area (Å²) >= 11 is 1.32. The van der Waals surface area contributed by atoms with E-state index in [4.69, 9.17) is 0 Å². The molecule has 1 amide bonds. The van der Waals surface area contributed by atoms with E-state index in [9.17, 15) is 13.2 Å². The van der Waals surface area contributed by atoms with E-state index in [1.165, 1.54) is 11.3 Å². The maximum Gasteiger partial charge on any atom is 0.265 e. The van der Waals surface area contributed by atoms with E-state index in [0.717, 1.165) is 37.9 Å². The van der Waals surface area contributed by atoms with Crippen molar-refractivity contribution < 1.29 is 13.2 Å². The molecule has 2 aromatic heterocycles. The van der Waals surface area contributed by atoms with Crippen LogP contribution in [0, 0.1) is 6.92 Å². The molecule has 0 atom stereocenters. The molecule has 9 heteroatoms. The number of carbonyl (C=O) groups excluding carboxylic acids is 1. The highest BCUT2D eigenvalue weighted by molar-refractivity contribution is 7.92. The van der Waals surface area contributed by atoms with Gasteiger partial charge in [-0.2, -0.15) is 0 Å². The lowest BCUT2D eigenvalue weighted by atomic mass is 10.2. The second-order valence-electron chi connectivity index (χ2n) is 7.76. The minimum Gasteiger partial charge on any atom is -0.347 e. The van der Waals surface area contributed by atoms with E-state index in [2.05, 4.69) is 16.6 Å². The summed E-state index contributed by atoms with van der Waals surface area (Å²) in [6.07, 6.45) is 4.52. The normalized spacial score (nSPS) is 14.2. The molecule has 4 rings (SSSR count). The second kappa shape index (κ2) is 8.47. The molecule has 0 saturated carbocycles. The Labute approximate surface area is 186 Å². The van der Waals surface area contributed by atoms with E-state index in [1.54, 1.807) is 36.0 Å². The van der Waals surface area contributed by atoms with Crippen LogP contribution < -0.4 is 4.72 Å². The van der Waals surface area contributed by atoms with Crippen LogP contribution in [0.1, 0.15) is 40.7 Å². The molecule has 1 saturated heterocycles. The van der Waals surface area contributed by atoms with Gasteiger partial charge in [0.15, 0.2) is 0 Å². The minimum atomic E-state index is -3.74. The zero-order chi connectivity index (χ0) is 22.2. The summed E-state index contributed by atoms with van der Waals surface area (Å²) < 4.78 is 30.2. The summed E-state index contributed by atoms with van der Waals surface area (Å²) in [5, 5.41) is 0.635. The number of sulfonamides is 1. The Morgan fingerprint density at radius 3 is 2.52 bits per heavy atom. The second-order valence-corrected chi connectivity index (χ2v) is 10.4. The molecule has 1 aliphatic heterocycles. The molecule has 31 heavy (non-hydrogen) atoms. The van der Waals surface area contributed by atoms with Gasteiger partial charge in [-0.15, -0.1) is 11.3 Å². The Morgan fingerprint density at radius 2 is 1.87 bits per heavy atom. The third-order valence-corrected chi connectivity index (χ3v) is 8.02. The van der Waals surface area contributed by atoms with Gasteiger partial charge in [0, 0.05) is 32.0 Å². The smallest absolute Gasteiger partial charge is 0.265 e. The summed E-state index contributed by atoms with van der Waals surface area (Å²) in [4.78, 5) is 20.0. The lowest BCUT2D eigenvalue weighted by Gasteiger charge is -2.13. The fraction of sp³-hybridized carbons (Fsp3) is 0.364. The van der Waals surface area contributed by atoms with Gasteiger partial charge in [0.2, 0.25) is 0 Å². The van der Waals surface area contributed by atoms with Crippen molar-refractivity contribution >= 4 is 33.0 Å². The van der Waals surface area contributed by atoms with Crippen LogP contribution in [0.15, 0.2) is 41.4 Å². The predicted molar refractivity (Wildman–Crippen MR) is 123 cm³/mol. The molecule has 7 nitrogen and oxygen atoms in total. The van der Waals surface area contributed by atoms with Crippen molar-refractivity contribution in [3.05, 3.63) is 52.7 Å². The molecular weight excluding hydrogens is 432 g/mol. The summed E-state index contributed by atoms with van der Waals surface area (Å²) in [5.41, 5.74) is 3.00. The Morgan fingerprint density at radius 1 is 1.19 bits per heavy atom. The highest BCUT2D eigenvalue weighted by atomic mass is 32.2. The quantitative estimate of drug-likeness (QED) is 0.604. The average Bonchev–Trinajstić information content (AvgIpc) is 3.48. The molecule has 3 aromatic rings. The molecule has 3 heterocycles. The van der Waals surface area contributed by atoms with Crippen LogP contribution in [0.4, 0.5) is 5.69 Å². The molecule has 1 aromatic carbocycles. The first kappa shape index (κ1) is 21.6. The first-order valence-electron chi connectivity index (χ1n) is 10.3. The number of hydrogen-bond acceptors (Lipinski definition) is 5. The van der Waals surface area contributed by atoms with Crippen molar-refractivity contribution in [3.63, 3.8) is 0 Å². The largest absolute Gasteiger partial charge is 0.347 e. The number of carbonyl (C=O) groups is 1. The number of aryl methyl sites for hydroxylation is 3. The monoisotopic (exact) mass is 458 g/mol. The molecule has 1 fully saturated rings. The number of anilines is 1. The van der Waals surface area contributed by atoms with Gasteiger partial charge in [0.1, 0.15) is 14.8 Å². The maximum absolute atomic E-state index is 12.9. The van der Waals surface area contributed by atoms with Gasteiger partial charge in [-0.1, -0.05) is 19.1 Å². The number of hydrogen-bond donors (Lipinski definition) is 1. The SMILES string of the molecule is CCc1ccc(NS(=O)(=O)c2cc(-c3nc(C)c(C(=O)N4CCCC4)s3)n(C)c2)cc1. The fourth-order valence-electron chi connectivity index (χ4n) is 3.68. The van der Waals surface area contributed by atoms with Crippen LogP contribution in [-0.4, -0.2) is 41.9 Å². The molecule has 0 unspecified atom stereocenters. The van der Waals surface area contributed by atoms with E-state index in [1.807, 2.05) is 24.0 Å². The third kappa shape index (κ3) is 4.38. The fourth-order valence-corrected chi connectivity index (χ4v) is 5.91. The van der Waals surface area contributed by atoms with Gasteiger partial charge in [0.25, 0.3) is 15.9 Å². The Balaban J connectivity index is 1.60. The number of nitrogens with one attached hydrogen (secondary N) is 1. The maximum atomic E-state index is 12.9. The Hall–Kier alpha value is -2.65. The summed E-state index contributed by atoms with van der Waals surface area (Å²) in [6.45, 7) is 5.44. The number of amides is 1. The third-order valence-electron chi connectivity index (χ3n) is 5.51. The van der Waals surface area contributed by atoms with Gasteiger partial charge in [-0.3, -0.25) is 9.52 Å². The lowest BCUT2D eigenvalue weighted by Crippen LogP contribution is -2.27. The number of thiazole rings is 1. The zero-order valence-electron chi connectivity index (χ0n) is 17.9. The number of rotatable bonds is 6. The summed E-state index contributed by atoms with van der Waals surface area (Å²) in [5.74, 6) is 0.0120. The van der Waals surface area contributed by atoms with Crippen LogP contribution >= 0.6 is 11.3 Å². The van der Waals surface area contributed by atoms with Crippen LogP contribution in [0.5, 0.6) is 0 Å². The molecule has 0 bridgehead atoms. The molecule has 164 valence electrons. The van der Waals surface area contributed by atoms with Gasteiger partial charge >= 0.3 is 0 Å². The van der Waals surface area contributed by atoms with Gasteiger partial charge in [-0.25, -0.2) is 13.4 Å². The van der Waals surface area contributed by atoms with Crippen molar-refractivity contribution in [3.8, 4) is 10.7 Å². The van der Waals surface area contributed by atoms with E-state index in [0.29, 0.717) is 27.0 Å². The van der Waals surface area contributed by atoms with Crippen LogP contribution in [-0.2, 0) is 23.5 Å². The van der Waals surface area contributed by atoms with Crippen molar-refractivity contribution in [2.75, 3.05) is 17.8 Å². The number of benzene rings is 1. The first-order chi connectivity index (χ1) is 14.8. The summed E-state index contributed by atoms with van der Waals surface area (Å²) in [6, 6.07) is 8.95. The van der Waals surface area contributed by atoms with Crippen LogP contribution in [0.2, 0.25) is 0 Å². The number of likely N-dealkylation sites (tertiary alicyclic amines) is 1. The topological polar surface area (TPSA) is 84.3 Å². The molecule has 1 aliphatic rings. The van der Waals surface area contributed by atoms with E-state index < -0.39 is 10.0 Å². The van der Waals surface area contributed by atoms with Crippen molar-refractivity contribution in [1.82, 2.24) is 14.5 Å². The molecule has 0 aliphatic carbocycles. The van der Waals surface area contributed by atoms with Gasteiger partial charge < -0.3 is 9.47 Å². The van der Waals surface area contributed by atoms with Crippen LogP contribution in [0.3, 0.4) is 0 Å². The summed E-state index contributed by atoms with van der Waals surface area (Å²) in [7, 11) is -1.96. The molecule has 0 radical (unpaired) electrons. The molecular formula is C22H26N4O3S2. The number of aromatic nitrogens is 2. The number of nitrogens with zero attached hydrogens (tertiary/aromatic N) is 3. The highest BCUT2D eigenvalue weighted by Crippen LogP contribution is 2.32. The highest BCUT2D eigenvalue weighted by Gasteiger charge is 2.26. The Bertz CT molecular complexity index is 1200. The molecule has 0 spiro atoms. The van der Waals surface area contributed by atoms with Gasteiger partial charge in [-0.05, 0) is 49.9 Å². The average molecular weight is 459 g/mol. The van der Waals surface area contributed by atoms with Crippen molar-refractivity contribution in [2.24, 2.45) is 7.05 Å². The predicted octanol–water partition coefficient (Wildman–Crippen LogP) is 4.06. The van der Waals surface area contributed by atoms with Crippen molar-refractivity contribution in [1.29, 1.82) is 0 Å². The minimum absolute atomic E-state index is 0.0120. The lowest BCUT2D eigenvalue weighted by molar-refractivity contribution is 0.0796. The van der Waals surface area contributed by atoms with E-state index in [-0.39, 0.29) is 10.8 Å². The van der Waals surface area contributed by atoms with Gasteiger partial charge in [0.05, 0.1) is 11.4 Å². The first-order valence-corrected chi connectivity index (χ1v) is 12.6. The Kier molecular flexibility index (Phi) is 5.90. The van der Waals surface area contributed by atoms with Crippen LogP contribution in [0.25, 0.3) is 10.7 Å².